The van der Waals surface area contributed by atoms with Crippen molar-refractivity contribution in [2.24, 2.45) is 5.92 Å². The van der Waals surface area contributed by atoms with Gasteiger partial charge in [0.2, 0.25) is 5.91 Å². The Labute approximate surface area is 129 Å². The van der Waals surface area contributed by atoms with Gasteiger partial charge in [0, 0.05) is 13.0 Å². The molecule has 5 heteroatoms. The quantitative estimate of drug-likeness (QED) is 0.910. The molecular weight excluding hydrogens is 285 g/mol. The Morgan fingerprint density at radius 2 is 2.18 bits per heavy atom. The minimum absolute atomic E-state index is 0.0469. The second-order valence-corrected chi connectivity index (χ2v) is 6.08. The number of carbonyl (C=O) groups is 2. The third-order valence-corrected chi connectivity index (χ3v) is 4.10. The highest BCUT2D eigenvalue weighted by atomic mass is 19.1. The van der Waals surface area contributed by atoms with Crippen LogP contribution in [0.15, 0.2) is 24.3 Å². The first-order chi connectivity index (χ1) is 10.5. The molecule has 1 aliphatic rings. The average Bonchev–Trinajstić information content (AvgIpc) is 2.47. The van der Waals surface area contributed by atoms with Crippen molar-refractivity contribution in [3.8, 4) is 0 Å². The van der Waals surface area contributed by atoms with Crippen molar-refractivity contribution >= 4 is 11.9 Å². The lowest BCUT2D eigenvalue weighted by Crippen LogP contribution is -2.48. The van der Waals surface area contributed by atoms with Crippen LogP contribution in [0.25, 0.3) is 0 Å². The van der Waals surface area contributed by atoms with Crippen LogP contribution >= 0.6 is 0 Å². The molecule has 120 valence electrons. The summed E-state index contributed by atoms with van der Waals surface area (Å²) >= 11 is 0. The topological polar surface area (TPSA) is 57.6 Å². The number of piperidine rings is 1. The Balaban J connectivity index is 1.93. The zero-order valence-corrected chi connectivity index (χ0v) is 12.8. The Morgan fingerprint density at radius 3 is 2.86 bits per heavy atom. The van der Waals surface area contributed by atoms with E-state index in [1.807, 2.05) is 13.0 Å². The van der Waals surface area contributed by atoms with Crippen LogP contribution in [0.1, 0.15) is 38.2 Å². The molecular formula is C17H22FNO3. The molecule has 0 radical (unpaired) electrons. The van der Waals surface area contributed by atoms with Gasteiger partial charge in [0.05, 0.1) is 0 Å². The molecule has 2 atom stereocenters. The minimum atomic E-state index is -0.925. The van der Waals surface area contributed by atoms with Crippen LogP contribution in [0.5, 0.6) is 0 Å². The number of likely N-dealkylation sites (tertiary alicyclic amines) is 1. The minimum Gasteiger partial charge on any atom is -0.480 e. The summed E-state index contributed by atoms with van der Waals surface area (Å²) in [5.41, 5.74) is 0.855. The Hall–Kier alpha value is -1.91. The molecule has 0 aliphatic carbocycles. The molecule has 1 fully saturated rings. The van der Waals surface area contributed by atoms with Gasteiger partial charge in [0.1, 0.15) is 11.9 Å². The molecule has 1 saturated heterocycles. The monoisotopic (exact) mass is 307 g/mol. The molecule has 1 aromatic carbocycles. The van der Waals surface area contributed by atoms with E-state index in [0.29, 0.717) is 25.8 Å². The van der Waals surface area contributed by atoms with E-state index in [1.54, 1.807) is 6.07 Å². The molecule has 22 heavy (non-hydrogen) atoms. The summed E-state index contributed by atoms with van der Waals surface area (Å²) in [6.45, 7) is 2.45. The van der Waals surface area contributed by atoms with Gasteiger partial charge in [0.25, 0.3) is 0 Å². The van der Waals surface area contributed by atoms with Crippen LogP contribution in [-0.4, -0.2) is 34.5 Å². The second kappa shape index (κ2) is 7.38. The first-order valence-electron chi connectivity index (χ1n) is 7.74. The van der Waals surface area contributed by atoms with Crippen LogP contribution in [0.3, 0.4) is 0 Å². The number of halogens is 1. The van der Waals surface area contributed by atoms with Gasteiger partial charge in [-0.3, -0.25) is 4.79 Å². The van der Waals surface area contributed by atoms with E-state index < -0.39 is 12.0 Å². The fourth-order valence-corrected chi connectivity index (χ4v) is 3.04. The van der Waals surface area contributed by atoms with Gasteiger partial charge >= 0.3 is 5.97 Å². The van der Waals surface area contributed by atoms with Crippen LogP contribution < -0.4 is 0 Å². The summed E-state index contributed by atoms with van der Waals surface area (Å²) in [5, 5.41) is 9.22. The maximum atomic E-state index is 13.2. The van der Waals surface area contributed by atoms with Gasteiger partial charge in [-0.1, -0.05) is 19.1 Å². The van der Waals surface area contributed by atoms with Gasteiger partial charge in [-0.25, -0.2) is 9.18 Å². The van der Waals surface area contributed by atoms with E-state index in [2.05, 4.69) is 0 Å². The second-order valence-electron chi connectivity index (χ2n) is 6.08. The SMILES string of the molecule is CC(CC(=O)N1CCCCC1C(=O)O)Cc1cccc(F)c1. The van der Waals surface area contributed by atoms with Crippen molar-refractivity contribution in [2.45, 2.75) is 45.1 Å². The lowest BCUT2D eigenvalue weighted by molar-refractivity contribution is -0.152. The number of rotatable bonds is 5. The number of benzene rings is 1. The number of carboxylic acids is 1. The maximum absolute atomic E-state index is 13.2. The highest BCUT2D eigenvalue weighted by molar-refractivity contribution is 5.84. The largest absolute Gasteiger partial charge is 0.480 e. The van der Waals surface area contributed by atoms with E-state index in [9.17, 15) is 19.1 Å². The molecule has 2 rings (SSSR count). The van der Waals surface area contributed by atoms with Crippen LogP contribution in [-0.2, 0) is 16.0 Å². The molecule has 0 aromatic heterocycles. The highest BCUT2D eigenvalue weighted by Crippen LogP contribution is 2.21. The fraction of sp³-hybridized carbons (Fsp3) is 0.529. The zero-order valence-electron chi connectivity index (χ0n) is 12.8. The van der Waals surface area contributed by atoms with Crippen LogP contribution in [0.2, 0.25) is 0 Å². The van der Waals surface area contributed by atoms with Crippen molar-refractivity contribution < 1.29 is 19.1 Å². The summed E-state index contributed by atoms with van der Waals surface area (Å²) in [6, 6.07) is 5.67. The third kappa shape index (κ3) is 4.29. The van der Waals surface area contributed by atoms with Gasteiger partial charge in [0.15, 0.2) is 0 Å². The van der Waals surface area contributed by atoms with Gasteiger partial charge in [-0.05, 0) is 49.3 Å². The molecule has 1 aromatic rings. The molecule has 1 N–H and O–H groups in total. The zero-order chi connectivity index (χ0) is 16.1. The lowest BCUT2D eigenvalue weighted by Gasteiger charge is -2.33. The predicted molar refractivity (Wildman–Crippen MR) is 80.9 cm³/mol. The summed E-state index contributed by atoms with van der Waals surface area (Å²) in [6.07, 6.45) is 3.13. The van der Waals surface area contributed by atoms with E-state index in [4.69, 9.17) is 0 Å². The maximum Gasteiger partial charge on any atom is 0.326 e. The summed E-state index contributed by atoms with van der Waals surface area (Å²) in [7, 11) is 0. The molecule has 1 heterocycles. The predicted octanol–water partition coefficient (Wildman–Crippen LogP) is 2.86. The summed E-state index contributed by atoms with van der Waals surface area (Å²) in [4.78, 5) is 25.1. The Kier molecular flexibility index (Phi) is 5.52. The molecule has 1 aliphatic heterocycles. The van der Waals surface area contributed by atoms with Gasteiger partial charge in [-0.2, -0.15) is 0 Å². The smallest absolute Gasteiger partial charge is 0.326 e. The number of hydrogen-bond acceptors (Lipinski definition) is 2. The lowest BCUT2D eigenvalue weighted by atomic mass is 9.95. The fourth-order valence-electron chi connectivity index (χ4n) is 3.04. The van der Waals surface area contributed by atoms with E-state index in [1.165, 1.54) is 17.0 Å². The third-order valence-electron chi connectivity index (χ3n) is 4.10. The standard InChI is InChI=1S/C17H22FNO3/c1-12(9-13-5-4-6-14(18)11-13)10-16(20)19-8-3-2-7-15(19)17(21)22/h4-6,11-12,15H,2-3,7-10H2,1H3,(H,21,22). The van der Waals surface area contributed by atoms with Crippen LogP contribution in [0.4, 0.5) is 4.39 Å². The first-order valence-corrected chi connectivity index (χ1v) is 7.74. The molecule has 4 nitrogen and oxygen atoms in total. The number of carboxylic acid groups (broad SMARTS) is 1. The van der Waals surface area contributed by atoms with E-state index in [0.717, 1.165) is 18.4 Å². The Bertz CT molecular complexity index is 546. The molecule has 0 bridgehead atoms. The average molecular weight is 307 g/mol. The Morgan fingerprint density at radius 1 is 1.41 bits per heavy atom. The van der Waals surface area contributed by atoms with Crippen molar-refractivity contribution in [2.75, 3.05) is 6.54 Å². The highest BCUT2D eigenvalue weighted by Gasteiger charge is 2.32. The van der Waals surface area contributed by atoms with Gasteiger partial charge in [-0.15, -0.1) is 0 Å². The van der Waals surface area contributed by atoms with Crippen molar-refractivity contribution in [1.82, 2.24) is 4.90 Å². The number of amides is 1. The summed E-state index contributed by atoms with van der Waals surface area (Å²) < 4.78 is 13.2. The molecule has 0 saturated carbocycles. The van der Waals surface area contributed by atoms with Gasteiger partial charge < -0.3 is 10.0 Å². The number of carbonyl (C=O) groups excluding carboxylic acids is 1. The normalized spacial score (nSPS) is 19.7. The van der Waals surface area contributed by atoms with E-state index in [-0.39, 0.29) is 17.6 Å². The van der Waals surface area contributed by atoms with Crippen molar-refractivity contribution in [1.29, 1.82) is 0 Å². The molecule has 2 unspecified atom stereocenters. The number of hydrogen-bond donors (Lipinski definition) is 1. The number of aliphatic carboxylic acids is 1. The number of nitrogens with zero attached hydrogens (tertiary/aromatic N) is 1. The van der Waals surface area contributed by atoms with Crippen molar-refractivity contribution in [3.63, 3.8) is 0 Å². The first kappa shape index (κ1) is 16.5. The summed E-state index contributed by atoms with van der Waals surface area (Å²) in [5.74, 6) is -1.27. The molecule has 0 spiro atoms. The molecule has 1 amide bonds. The van der Waals surface area contributed by atoms with E-state index >= 15 is 0 Å². The van der Waals surface area contributed by atoms with Crippen molar-refractivity contribution in [3.05, 3.63) is 35.6 Å². The van der Waals surface area contributed by atoms with Crippen LogP contribution in [0, 0.1) is 11.7 Å².